The van der Waals surface area contributed by atoms with Crippen molar-refractivity contribution in [2.24, 2.45) is 0 Å². The molecule has 2 aromatic carbocycles. The minimum absolute atomic E-state index is 0.0447. The molecule has 0 unspecified atom stereocenters. The topological polar surface area (TPSA) is 103 Å². The third-order valence-corrected chi connectivity index (χ3v) is 5.18. The summed E-state index contributed by atoms with van der Waals surface area (Å²) in [6, 6.07) is 11.7. The van der Waals surface area contributed by atoms with Crippen molar-refractivity contribution >= 4 is 40.6 Å². The Morgan fingerprint density at radius 2 is 2.00 bits per heavy atom. The number of aryl methyl sites for hydroxylation is 2. The first kappa shape index (κ1) is 19.8. The van der Waals surface area contributed by atoms with Crippen molar-refractivity contribution in [1.29, 1.82) is 0 Å². The van der Waals surface area contributed by atoms with Gasteiger partial charge in [0.05, 0.1) is 27.1 Å². The van der Waals surface area contributed by atoms with Crippen molar-refractivity contribution in [3.8, 4) is 5.69 Å². The highest BCUT2D eigenvalue weighted by atomic mass is 35.5. The number of anilines is 1. The number of nitro groups is 1. The molecule has 0 aliphatic rings. The highest BCUT2D eigenvalue weighted by Crippen LogP contribution is 2.28. The third kappa shape index (κ3) is 4.32. The zero-order valence-electron chi connectivity index (χ0n) is 15.0. The first-order valence-corrected chi connectivity index (χ1v) is 9.58. The highest BCUT2D eigenvalue weighted by molar-refractivity contribution is 7.99. The van der Waals surface area contributed by atoms with Crippen LogP contribution in [0.15, 0.2) is 47.6 Å². The van der Waals surface area contributed by atoms with Gasteiger partial charge in [-0.3, -0.25) is 19.5 Å². The van der Waals surface area contributed by atoms with Crippen LogP contribution in [0, 0.1) is 24.0 Å². The first-order valence-electron chi connectivity index (χ1n) is 8.21. The molecule has 0 fully saturated rings. The normalized spacial score (nSPS) is 10.7. The first-order chi connectivity index (χ1) is 13.4. The Labute approximate surface area is 170 Å². The number of non-ortho nitro benzene ring substituents is 1. The number of halogens is 1. The Kier molecular flexibility index (Phi) is 5.96. The van der Waals surface area contributed by atoms with Crippen LogP contribution >= 0.6 is 23.4 Å². The Morgan fingerprint density at radius 3 is 2.71 bits per heavy atom. The maximum absolute atomic E-state index is 12.3. The maximum atomic E-state index is 12.3. The van der Waals surface area contributed by atoms with Crippen LogP contribution in [0.5, 0.6) is 0 Å². The van der Waals surface area contributed by atoms with Crippen LogP contribution in [0.4, 0.5) is 11.4 Å². The Balaban J connectivity index is 1.74. The standard InChI is InChI=1S/C18H16ClN5O3S/c1-11-5-3-4-6-16(11)23-12(2)21-22-18(23)28-10-17(25)20-15-9-13(24(26)27)7-8-14(15)19/h3-9H,10H2,1-2H3,(H,20,25). The van der Waals surface area contributed by atoms with Crippen LogP contribution in [0.25, 0.3) is 5.69 Å². The molecular formula is C18H16ClN5O3S. The van der Waals surface area contributed by atoms with E-state index in [-0.39, 0.29) is 28.1 Å². The maximum Gasteiger partial charge on any atom is 0.271 e. The van der Waals surface area contributed by atoms with Crippen molar-refractivity contribution in [2.45, 2.75) is 19.0 Å². The van der Waals surface area contributed by atoms with Gasteiger partial charge in [-0.15, -0.1) is 10.2 Å². The van der Waals surface area contributed by atoms with Crippen molar-refractivity contribution in [3.05, 3.63) is 69.0 Å². The third-order valence-electron chi connectivity index (χ3n) is 3.92. The number of rotatable bonds is 6. The summed E-state index contributed by atoms with van der Waals surface area (Å²) < 4.78 is 1.88. The van der Waals surface area contributed by atoms with E-state index in [0.29, 0.717) is 11.0 Å². The zero-order chi connectivity index (χ0) is 20.3. The fraction of sp³-hybridized carbons (Fsp3) is 0.167. The largest absolute Gasteiger partial charge is 0.324 e. The van der Waals surface area contributed by atoms with Gasteiger partial charge < -0.3 is 5.32 Å². The summed E-state index contributed by atoms with van der Waals surface area (Å²) in [5.41, 5.74) is 2.04. The van der Waals surface area contributed by atoms with Crippen molar-refractivity contribution in [2.75, 3.05) is 11.1 Å². The smallest absolute Gasteiger partial charge is 0.271 e. The Morgan fingerprint density at radius 1 is 1.25 bits per heavy atom. The summed E-state index contributed by atoms with van der Waals surface area (Å²) in [7, 11) is 0. The zero-order valence-corrected chi connectivity index (χ0v) is 16.6. The van der Waals surface area contributed by atoms with Crippen LogP contribution in [-0.2, 0) is 4.79 Å². The van der Waals surface area contributed by atoms with Gasteiger partial charge in [0.25, 0.3) is 5.69 Å². The van der Waals surface area contributed by atoms with Crippen LogP contribution < -0.4 is 5.32 Å². The summed E-state index contributed by atoms with van der Waals surface area (Å²) in [6.45, 7) is 3.83. The molecule has 28 heavy (non-hydrogen) atoms. The van der Waals surface area contributed by atoms with Gasteiger partial charge in [-0.2, -0.15) is 0 Å². The summed E-state index contributed by atoms with van der Waals surface area (Å²) >= 11 is 7.23. The number of carbonyl (C=O) groups is 1. The molecule has 3 aromatic rings. The molecule has 1 aromatic heterocycles. The van der Waals surface area contributed by atoms with E-state index in [1.807, 2.05) is 42.7 Å². The van der Waals surface area contributed by atoms with Crippen LogP contribution in [0.3, 0.4) is 0 Å². The van der Waals surface area contributed by atoms with E-state index < -0.39 is 4.92 Å². The second kappa shape index (κ2) is 8.41. The number of thioether (sulfide) groups is 1. The van der Waals surface area contributed by atoms with E-state index in [1.54, 1.807) is 0 Å². The molecular weight excluding hydrogens is 402 g/mol. The number of nitro benzene ring substituents is 1. The van der Waals surface area contributed by atoms with Gasteiger partial charge in [-0.1, -0.05) is 41.6 Å². The lowest BCUT2D eigenvalue weighted by Gasteiger charge is -2.11. The summed E-state index contributed by atoms with van der Waals surface area (Å²) in [6.07, 6.45) is 0. The molecule has 1 N–H and O–H groups in total. The minimum Gasteiger partial charge on any atom is -0.324 e. The van der Waals surface area contributed by atoms with E-state index in [1.165, 1.54) is 30.0 Å². The average molecular weight is 418 g/mol. The fourth-order valence-corrected chi connectivity index (χ4v) is 3.52. The number of aromatic nitrogens is 3. The number of amides is 1. The van der Waals surface area contributed by atoms with Gasteiger partial charge in [-0.05, 0) is 31.5 Å². The van der Waals surface area contributed by atoms with Gasteiger partial charge in [0.2, 0.25) is 5.91 Å². The predicted octanol–water partition coefficient (Wildman–Crippen LogP) is 4.18. The van der Waals surface area contributed by atoms with E-state index in [0.717, 1.165) is 11.3 Å². The number of para-hydroxylation sites is 1. The number of nitrogens with zero attached hydrogens (tertiary/aromatic N) is 4. The van der Waals surface area contributed by atoms with Crippen LogP contribution in [0.2, 0.25) is 5.02 Å². The van der Waals surface area contributed by atoms with E-state index >= 15 is 0 Å². The number of hydrogen-bond acceptors (Lipinski definition) is 6. The predicted molar refractivity (Wildman–Crippen MR) is 108 cm³/mol. The number of nitrogens with one attached hydrogen (secondary N) is 1. The molecule has 0 radical (unpaired) electrons. The molecule has 144 valence electrons. The lowest BCUT2D eigenvalue weighted by molar-refractivity contribution is -0.384. The Hall–Kier alpha value is -2.91. The summed E-state index contributed by atoms with van der Waals surface area (Å²) in [5.74, 6) is 0.395. The molecule has 1 heterocycles. The molecule has 1 amide bonds. The van der Waals surface area contributed by atoms with Gasteiger partial charge in [0.15, 0.2) is 5.16 Å². The van der Waals surface area contributed by atoms with Crippen molar-refractivity contribution in [3.63, 3.8) is 0 Å². The number of carbonyl (C=O) groups excluding carboxylic acids is 1. The molecule has 0 atom stereocenters. The van der Waals surface area contributed by atoms with E-state index in [9.17, 15) is 14.9 Å². The van der Waals surface area contributed by atoms with Gasteiger partial charge >= 0.3 is 0 Å². The second-order valence-electron chi connectivity index (χ2n) is 5.91. The minimum atomic E-state index is -0.547. The molecule has 8 nitrogen and oxygen atoms in total. The Bertz CT molecular complexity index is 1050. The van der Waals surface area contributed by atoms with E-state index in [4.69, 9.17) is 11.6 Å². The number of hydrogen-bond donors (Lipinski definition) is 1. The quantitative estimate of drug-likeness (QED) is 0.366. The molecule has 0 spiro atoms. The van der Waals surface area contributed by atoms with Gasteiger partial charge in [0.1, 0.15) is 5.82 Å². The van der Waals surface area contributed by atoms with E-state index in [2.05, 4.69) is 15.5 Å². The SMILES string of the molecule is Cc1ccccc1-n1c(C)nnc1SCC(=O)Nc1cc([N+](=O)[O-])ccc1Cl. The monoisotopic (exact) mass is 417 g/mol. The highest BCUT2D eigenvalue weighted by Gasteiger charge is 2.16. The average Bonchev–Trinajstić information content (AvgIpc) is 3.02. The molecule has 0 aliphatic heterocycles. The van der Waals surface area contributed by atoms with Gasteiger partial charge in [-0.25, -0.2) is 0 Å². The van der Waals surface area contributed by atoms with Crippen LogP contribution in [-0.4, -0.2) is 31.3 Å². The van der Waals surface area contributed by atoms with Crippen molar-refractivity contribution < 1.29 is 9.72 Å². The van der Waals surface area contributed by atoms with Gasteiger partial charge in [0, 0.05) is 12.1 Å². The molecule has 3 rings (SSSR count). The summed E-state index contributed by atoms with van der Waals surface area (Å²) in [5, 5.41) is 22.5. The molecule has 0 saturated heterocycles. The lowest BCUT2D eigenvalue weighted by Crippen LogP contribution is -2.15. The summed E-state index contributed by atoms with van der Waals surface area (Å²) in [4.78, 5) is 22.7. The number of benzene rings is 2. The molecule has 10 heteroatoms. The lowest BCUT2D eigenvalue weighted by atomic mass is 10.2. The second-order valence-corrected chi connectivity index (χ2v) is 7.26. The van der Waals surface area contributed by atoms with Crippen molar-refractivity contribution in [1.82, 2.24) is 14.8 Å². The molecule has 0 bridgehead atoms. The molecule has 0 saturated carbocycles. The van der Waals surface area contributed by atoms with Crippen LogP contribution in [0.1, 0.15) is 11.4 Å². The fourth-order valence-electron chi connectivity index (χ4n) is 2.57. The molecule has 0 aliphatic carbocycles.